The van der Waals surface area contributed by atoms with Gasteiger partial charge in [0, 0.05) is 12.6 Å². The number of likely N-dealkylation sites (tertiary alicyclic amines) is 1. The molecule has 2 rings (SSSR count). The second kappa shape index (κ2) is 4.94. The highest BCUT2D eigenvalue weighted by Crippen LogP contribution is 2.14. The van der Waals surface area contributed by atoms with Crippen molar-refractivity contribution < 1.29 is 9.53 Å². The van der Waals surface area contributed by atoms with Crippen molar-refractivity contribution in [2.24, 2.45) is 0 Å². The lowest BCUT2D eigenvalue weighted by Gasteiger charge is -2.30. The molecule has 0 aromatic rings. The van der Waals surface area contributed by atoms with E-state index in [0.717, 1.165) is 45.4 Å². The van der Waals surface area contributed by atoms with Gasteiger partial charge >= 0.3 is 0 Å². The van der Waals surface area contributed by atoms with Crippen molar-refractivity contribution in [3.63, 3.8) is 0 Å². The molecule has 0 spiro atoms. The Morgan fingerprint density at radius 2 is 2.07 bits per heavy atom. The summed E-state index contributed by atoms with van der Waals surface area (Å²) < 4.78 is 5.35. The Morgan fingerprint density at radius 3 is 2.67 bits per heavy atom. The zero-order chi connectivity index (χ0) is 10.7. The van der Waals surface area contributed by atoms with Crippen LogP contribution in [-0.2, 0) is 9.53 Å². The fourth-order valence-corrected chi connectivity index (χ4v) is 2.23. The van der Waals surface area contributed by atoms with E-state index in [1.165, 1.54) is 0 Å². The molecule has 0 bridgehead atoms. The molecule has 0 aromatic carbocycles. The molecular weight excluding hydrogens is 192 g/mol. The summed E-state index contributed by atoms with van der Waals surface area (Å²) >= 11 is 0. The molecule has 2 saturated heterocycles. The predicted molar refractivity (Wildman–Crippen MR) is 57.6 cm³/mol. The van der Waals surface area contributed by atoms with E-state index in [0.29, 0.717) is 6.04 Å². The molecule has 4 heteroatoms. The van der Waals surface area contributed by atoms with Gasteiger partial charge in [-0.1, -0.05) is 0 Å². The van der Waals surface area contributed by atoms with Crippen LogP contribution < -0.4 is 5.32 Å². The molecular formula is C11H20N2O2. The lowest BCUT2D eigenvalue weighted by atomic mass is 10.1. The van der Waals surface area contributed by atoms with Crippen LogP contribution in [0, 0.1) is 0 Å². The first-order valence-electron chi connectivity index (χ1n) is 5.86. The maximum Gasteiger partial charge on any atom is 0.249 e. The fraction of sp³-hybridized carbons (Fsp3) is 0.909. The Labute approximate surface area is 91.0 Å². The summed E-state index contributed by atoms with van der Waals surface area (Å²) in [5.74, 6) is 0.0991. The van der Waals surface area contributed by atoms with Gasteiger partial charge in [-0.3, -0.25) is 4.79 Å². The Kier molecular flexibility index (Phi) is 3.59. The molecule has 1 atom stereocenters. The van der Waals surface area contributed by atoms with E-state index in [9.17, 15) is 4.79 Å². The molecule has 0 radical (unpaired) electrons. The molecule has 2 aliphatic heterocycles. The van der Waals surface area contributed by atoms with Crippen LogP contribution in [0.2, 0.25) is 0 Å². The molecule has 0 aromatic heterocycles. The number of ether oxygens (including phenoxy) is 1. The largest absolute Gasteiger partial charge is 0.368 e. The monoisotopic (exact) mass is 212 g/mol. The summed E-state index contributed by atoms with van der Waals surface area (Å²) in [5, 5.41) is 3.09. The first-order chi connectivity index (χ1) is 7.25. The third-order valence-electron chi connectivity index (χ3n) is 3.29. The number of nitrogens with zero attached hydrogens (tertiary/aromatic N) is 1. The van der Waals surface area contributed by atoms with Crippen LogP contribution in [0.15, 0.2) is 0 Å². The van der Waals surface area contributed by atoms with Crippen LogP contribution in [-0.4, -0.2) is 49.7 Å². The normalized spacial score (nSPS) is 29.3. The molecule has 0 unspecified atom stereocenters. The molecule has 2 fully saturated rings. The predicted octanol–water partition coefficient (Wildman–Crippen LogP) is 0.376. The third kappa shape index (κ3) is 2.92. The molecule has 2 heterocycles. The van der Waals surface area contributed by atoms with Crippen molar-refractivity contribution >= 4 is 5.91 Å². The Balaban J connectivity index is 1.74. The molecule has 0 saturated carbocycles. The van der Waals surface area contributed by atoms with Crippen molar-refractivity contribution in [3.05, 3.63) is 0 Å². The molecule has 15 heavy (non-hydrogen) atoms. The highest BCUT2D eigenvalue weighted by Gasteiger charge is 2.26. The molecule has 0 aliphatic carbocycles. The van der Waals surface area contributed by atoms with Crippen LogP contribution in [0.5, 0.6) is 0 Å². The van der Waals surface area contributed by atoms with Gasteiger partial charge in [-0.2, -0.15) is 0 Å². The second-order valence-electron chi connectivity index (χ2n) is 4.59. The van der Waals surface area contributed by atoms with Crippen molar-refractivity contribution in [1.29, 1.82) is 0 Å². The summed E-state index contributed by atoms with van der Waals surface area (Å²) in [4.78, 5) is 14.0. The number of hydrogen-bond acceptors (Lipinski definition) is 3. The molecule has 1 N–H and O–H groups in total. The summed E-state index contributed by atoms with van der Waals surface area (Å²) in [6, 6.07) is 0.359. The van der Waals surface area contributed by atoms with E-state index in [4.69, 9.17) is 4.74 Å². The standard InChI is InChI=1S/C11H20N2O2/c1-13-6-4-9(5-7-13)12-11(14)10-3-2-8-15-10/h9-10H,2-8H2,1H3,(H,12,14)/t10-/m1/s1. The van der Waals surface area contributed by atoms with Gasteiger partial charge in [0.25, 0.3) is 0 Å². The van der Waals surface area contributed by atoms with Gasteiger partial charge in [-0.25, -0.2) is 0 Å². The first kappa shape index (κ1) is 10.9. The van der Waals surface area contributed by atoms with Gasteiger partial charge in [0.15, 0.2) is 0 Å². The van der Waals surface area contributed by atoms with Crippen molar-refractivity contribution in [3.8, 4) is 0 Å². The average Bonchev–Trinajstić information content (AvgIpc) is 2.74. The highest BCUT2D eigenvalue weighted by atomic mass is 16.5. The van der Waals surface area contributed by atoms with Crippen LogP contribution in [0.25, 0.3) is 0 Å². The zero-order valence-electron chi connectivity index (χ0n) is 9.37. The number of amides is 1. The van der Waals surface area contributed by atoms with Gasteiger partial charge in [0.05, 0.1) is 0 Å². The van der Waals surface area contributed by atoms with E-state index in [1.807, 2.05) is 0 Å². The fourth-order valence-electron chi connectivity index (χ4n) is 2.23. The second-order valence-corrected chi connectivity index (χ2v) is 4.59. The van der Waals surface area contributed by atoms with Gasteiger partial charge in [-0.15, -0.1) is 0 Å². The first-order valence-corrected chi connectivity index (χ1v) is 5.86. The maximum absolute atomic E-state index is 11.7. The van der Waals surface area contributed by atoms with Crippen molar-refractivity contribution in [2.75, 3.05) is 26.7 Å². The SMILES string of the molecule is CN1CCC(NC(=O)[C@H]2CCCO2)CC1. The van der Waals surface area contributed by atoms with Gasteiger partial charge < -0.3 is 15.0 Å². The Hall–Kier alpha value is -0.610. The minimum Gasteiger partial charge on any atom is -0.368 e. The number of carbonyl (C=O) groups is 1. The van der Waals surface area contributed by atoms with Gasteiger partial charge in [-0.05, 0) is 45.8 Å². The van der Waals surface area contributed by atoms with E-state index < -0.39 is 0 Å². The Bertz CT molecular complexity index is 219. The number of nitrogens with one attached hydrogen (secondary N) is 1. The summed E-state index contributed by atoms with van der Waals surface area (Å²) in [6.45, 7) is 2.90. The smallest absolute Gasteiger partial charge is 0.249 e. The number of piperidine rings is 1. The summed E-state index contributed by atoms with van der Waals surface area (Å²) in [5.41, 5.74) is 0. The Morgan fingerprint density at radius 1 is 1.33 bits per heavy atom. The number of rotatable bonds is 2. The molecule has 2 aliphatic rings. The lowest BCUT2D eigenvalue weighted by Crippen LogP contribution is -2.46. The summed E-state index contributed by atoms with van der Waals surface area (Å²) in [7, 11) is 2.12. The minimum absolute atomic E-state index is 0.0991. The van der Waals surface area contributed by atoms with Crippen LogP contribution in [0.1, 0.15) is 25.7 Å². The van der Waals surface area contributed by atoms with Crippen LogP contribution in [0.3, 0.4) is 0 Å². The quantitative estimate of drug-likeness (QED) is 0.719. The zero-order valence-corrected chi connectivity index (χ0v) is 9.37. The third-order valence-corrected chi connectivity index (χ3v) is 3.29. The number of carbonyl (C=O) groups excluding carboxylic acids is 1. The molecule has 4 nitrogen and oxygen atoms in total. The van der Waals surface area contributed by atoms with Gasteiger partial charge in [0.2, 0.25) is 5.91 Å². The summed E-state index contributed by atoms with van der Waals surface area (Å²) in [6.07, 6.45) is 3.86. The lowest BCUT2D eigenvalue weighted by molar-refractivity contribution is -0.131. The van der Waals surface area contributed by atoms with E-state index in [1.54, 1.807) is 0 Å². The van der Waals surface area contributed by atoms with E-state index in [-0.39, 0.29) is 12.0 Å². The van der Waals surface area contributed by atoms with E-state index in [2.05, 4.69) is 17.3 Å². The van der Waals surface area contributed by atoms with Gasteiger partial charge in [0.1, 0.15) is 6.10 Å². The molecule has 1 amide bonds. The van der Waals surface area contributed by atoms with Crippen LogP contribution in [0.4, 0.5) is 0 Å². The van der Waals surface area contributed by atoms with Crippen molar-refractivity contribution in [2.45, 2.75) is 37.8 Å². The minimum atomic E-state index is -0.176. The maximum atomic E-state index is 11.7. The van der Waals surface area contributed by atoms with E-state index >= 15 is 0 Å². The highest BCUT2D eigenvalue weighted by molar-refractivity contribution is 5.81. The number of hydrogen-bond donors (Lipinski definition) is 1. The topological polar surface area (TPSA) is 41.6 Å². The molecule has 86 valence electrons. The average molecular weight is 212 g/mol. The van der Waals surface area contributed by atoms with Crippen LogP contribution >= 0.6 is 0 Å². The van der Waals surface area contributed by atoms with Crippen molar-refractivity contribution in [1.82, 2.24) is 10.2 Å².